The van der Waals surface area contributed by atoms with Gasteiger partial charge < -0.3 is 18.0 Å². The maximum Gasteiger partial charge on any atom is 0.416 e. The number of sulfonamides is 1. The average molecular weight is 735 g/mol. The van der Waals surface area contributed by atoms with Crippen molar-refractivity contribution in [3.8, 4) is 0 Å². The summed E-state index contributed by atoms with van der Waals surface area (Å²) in [5, 5.41) is 5.01. The number of rotatable bonds is 9. The van der Waals surface area contributed by atoms with Gasteiger partial charge in [-0.2, -0.15) is 0 Å². The Morgan fingerprint density at radius 1 is 1.10 bits per heavy atom. The van der Waals surface area contributed by atoms with Crippen LogP contribution in [0.5, 0.6) is 0 Å². The van der Waals surface area contributed by atoms with Crippen LogP contribution in [0.25, 0.3) is 5.57 Å². The van der Waals surface area contributed by atoms with Crippen LogP contribution in [0.4, 0.5) is 29.6 Å². The van der Waals surface area contributed by atoms with E-state index in [4.69, 9.17) is 0 Å². The number of anilines is 2. The van der Waals surface area contributed by atoms with Crippen molar-refractivity contribution in [2.24, 2.45) is 0 Å². The molecule has 1 atom stereocenters. The Hall–Kier alpha value is -3.25. The molecular weight excluding hydrogens is 708 g/mol. The minimum atomic E-state index is -4.80. The number of hydrogen-bond acceptors (Lipinski definition) is 9. The van der Waals surface area contributed by atoms with Gasteiger partial charge in [0, 0.05) is 36.6 Å². The topological polar surface area (TPSA) is 126 Å². The molecule has 1 amide bonds. The van der Waals surface area contributed by atoms with E-state index in [9.17, 15) is 22.0 Å². The summed E-state index contributed by atoms with van der Waals surface area (Å²) in [6.07, 6.45) is 2.72. The van der Waals surface area contributed by atoms with Crippen LogP contribution >= 0.6 is 35.0 Å². The standard InChI is InChI=1S/C26H26F3IN6O4S2/c1-26(2,3)36-14-16(22(41-36)20-10-11-31-24(34-20)32-12-13-33-25(37)40-30)15-6-4-9-19(21(15)29)35-42(38,39)23-17(27)7-5-8-18(23)28/h4-11,14,22,35H,12-13H2,1-3H3,(H,33,37)(H,31,32,34). The van der Waals surface area contributed by atoms with E-state index in [2.05, 4.69) is 23.7 Å². The molecule has 0 saturated heterocycles. The largest absolute Gasteiger partial charge is 0.416 e. The second-order valence-electron chi connectivity index (χ2n) is 9.91. The van der Waals surface area contributed by atoms with Crippen molar-refractivity contribution in [2.75, 3.05) is 23.1 Å². The van der Waals surface area contributed by atoms with Crippen LogP contribution in [-0.2, 0) is 13.1 Å². The number of amides is 1. The summed E-state index contributed by atoms with van der Waals surface area (Å²) in [4.78, 5) is 18.8. The molecule has 1 aliphatic heterocycles. The van der Waals surface area contributed by atoms with Crippen molar-refractivity contribution < 1.29 is 29.4 Å². The molecule has 3 N–H and O–H groups in total. The minimum Gasteiger partial charge on any atom is -0.378 e. The lowest BCUT2D eigenvalue weighted by Gasteiger charge is -2.31. The van der Waals surface area contributed by atoms with Crippen molar-refractivity contribution in [1.29, 1.82) is 0 Å². The third kappa shape index (κ3) is 7.20. The van der Waals surface area contributed by atoms with Crippen molar-refractivity contribution in [1.82, 2.24) is 19.6 Å². The average Bonchev–Trinajstić information content (AvgIpc) is 3.38. The van der Waals surface area contributed by atoms with E-state index in [1.54, 1.807) is 18.5 Å². The molecule has 0 fully saturated rings. The van der Waals surface area contributed by atoms with E-state index < -0.39 is 49.4 Å². The number of hydrogen-bond donors (Lipinski definition) is 3. The number of aromatic nitrogens is 2. The zero-order chi connectivity index (χ0) is 30.7. The molecule has 4 rings (SSSR count). The molecular formula is C26H26F3IN6O4S2. The Labute approximate surface area is 259 Å². The lowest BCUT2D eigenvalue weighted by molar-refractivity contribution is 0.215. The molecule has 224 valence electrons. The molecule has 0 bridgehead atoms. The highest BCUT2D eigenvalue weighted by Gasteiger charge is 2.36. The molecule has 1 unspecified atom stereocenters. The predicted molar refractivity (Wildman–Crippen MR) is 162 cm³/mol. The van der Waals surface area contributed by atoms with E-state index in [0.717, 1.165) is 18.2 Å². The maximum atomic E-state index is 16.0. The van der Waals surface area contributed by atoms with Crippen LogP contribution in [0.3, 0.4) is 0 Å². The number of carbonyl (C=O) groups is 1. The van der Waals surface area contributed by atoms with Crippen LogP contribution in [0, 0.1) is 17.5 Å². The van der Waals surface area contributed by atoms with Crippen molar-refractivity contribution in [3.05, 3.63) is 83.6 Å². The molecule has 1 aliphatic rings. The van der Waals surface area contributed by atoms with E-state index >= 15 is 4.39 Å². The van der Waals surface area contributed by atoms with Gasteiger partial charge in [0.15, 0.2) is 33.7 Å². The molecule has 10 nitrogen and oxygen atoms in total. The molecule has 2 heterocycles. The highest BCUT2D eigenvalue weighted by atomic mass is 127. The summed E-state index contributed by atoms with van der Waals surface area (Å²) in [6, 6.07) is 8.41. The predicted octanol–water partition coefficient (Wildman–Crippen LogP) is 6.03. The van der Waals surface area contributed by atoms with Gasteiger partial charge in [-0.3, -0.25) is 4.72 Å². The summed E-state index contributed by atoms with van der Waals surface area (Å²) in [5.74, 6) is -3.25. The summed E-state index contributed by atoms with van der Waals surface area (Å²) in [5.41, 5.74) is 0.241. The second kappa shape index (κ2) is 12.9. The van der Waals surface area contributed by atoms with Crippen molar-refractivity contribution in [2.45, 2.75) is 36.5 Å². The van der Waals surface area contributed by atoms with E-state index in [-0.39, 0.29) is 23.6 Å². The van der Waals surface area contributed by atoms with Crippen molar-refractivity contribution >= 4 is 68.3 Å². The molecule has 0 saturated carbocycles. The molecule has 1 aromatic heterocycles. The fourth-order valence-electron chi connectivity index (χ4n) is 3.91. The zero-order valence-electron chi connectivity index (χ0n) is 22.5. The normalized spacial score (nSPS) is 15.3. The van der Waals surface area contributed by atoms with Crippen LogP contribution in [0.15, 0.2) is 59.8 Å². The number of halogens is 4. The molecule has 3 aromatic rings. The first-order valence-electron chi connectivity index (χ1n) is 12.4. The fraction of sp³-hybridized carbons (Fsp3) is 0.269. The third-order valence-corrected chi connectivity index (χ3v) is 9.26. The van der Waals surface area contributed by atoms with Gasteiger partial charge in [-0.15, -0.1) is 0 Å². The van der Waals surface area contributed by atoms with E-state index in [1.807, 2.05) is 29.8 Å². The first-order valence-corrected chi connectivity index (χ1v) is 15.6. The van der Waals surface area contributed by atoms with E-state index in [0.29, 0.717) is 17.8 Å². The first-order chi connectivity index (χ1) is 19.8. The number of benzene rings is 2. The summed E-state index contributed by atoms with van der Waals surface area (Å²) >= 11 is 2.86. The number of nitrogens with one attached hydrogen (secondary N) is 3. The molecule has 0 spiro atoms. The molecule has 0 aliphatic carbocycles. The first kappa shape index (κ1) is 31.7. The smallest absolute Gasteiger partial charge is 0.378 e. The molecule has 2 aromatic carbocycles. The van der Waals surface area contributed by atoms with Gasteiger partial charge >= 0.3 is 6.09 Å². The van der Waals surface area contributed by atoms with Crippen LogP contribution in [-0.4, -0.2) is 47.4 Å². The van der Waals surface area contributed by atoms with Crippen molar-refractivity contribution in [3.63, 3.8) is 0 Å². The molecule has 0 radical (unpaired) electrons. The summed E-state index contributed by atoms with van der Waals surface area (Å²) in [7, 11) is -4.80. The second-order valence-corrected chi connectivity index (χ2v) is 13.0. The van der Waals surface area contributed by atoms with Crippen LogP contribution < -0.4 is 15.4 Å². The Morgan fingerprint density at radius 3 is 2.45 bits per heavy atom. The highest BCUT2D eigenvalue weighted by Crippen LogP contribution is 2.51. The monoisotopic (exact) mass is 734 g/mol. The van der Waals surface area contributed by atoms with Gasteiger partial charge in [0.05, 0.1) is 16.6 Å². The lowest BCUT2D eigenvalue weighted by Crippen LogP contribution is -2.30. The van der Waals surface area contributed by atoms with Gasteiger partial charge in [0.1, 0.15) is 11.6 Å². The van der Waals surface area contributed by atoms with Gasteiger partial charge in [0.2, 0.25) is 5.95 Å². The summed E-state index contributed by atoms with van der Waals surface area (Å²) in [6.45, 7) is 6.48. The third-order valence-electron chi connectivity index (χ3n) is 5.85. The Balaban J connectivity index is 1.66. The van der Waals surface area contributed by atoms with Crippen LogP contribution in [0.2, 0.25) is 0 Å². The van der Waals surface area contributed by atoms with Crippen LogP contribution in [0.1, 0.15) is 37.3 Å². The maximum absolute atomic E-state index is 16.0. The number of carbonyl (C=O) groups excluding carboxylic acids is 1. The SMILES string of the molecule is CC(C)(C)N1C=C(c2cccc(NS(=O)(=O)c3c(F)cccc3F)c2F)C(c2ccnc(NCCNC(=O)OI)n2)S1. The summed E-state index contributed by atoms with van der Waals surface area (Å²) < 4.78 is 78.6. The lowest BCUT2D eigenvalue weighted by atomic mass is 9.99. The van der Waals surface area contributed by atoms with E-state index in [1.165, 1.54) is 53.2 Å². The molecule has 16 heteroatoms. The van der Waals surface area contributed by atoms with Gasteiger partial charge in [-0.1, -0.05) is 18.2 Å². The number of nitrogens with zero attached hydrogens (tertiary/aromatic N) is 3. The van der Waals surface area contributed by atoms with Gasteiger partial charge in [-0.05, 0) is 62.6 Å². The Kier molecular flexibility index (Phi) is 9.77. The highest BCUT2D eigenvalue weighted by molar-refractivity contribution is 14.1. The van der Waals surface area contributed by atoms with Gasteiger partial charge in [-0.25, -0.2) is 36.4 Å². The quantitative estimate of drug-likeness (QED) is 0.137. The minimum absolute atomic E-state index is 0.0723. The fourth-order valence-corrected chi connectivity index (χ4v) is 6.52. The molecule has 42 heavy (non-hydrogen) atoms. The zero-order valence-corrected chi connectivity index (χ0v) is 26.3. The van der Waals surface area contributed by atoms with Gasteiger partial charge in [0.25, 0.3) is 10.0 Å². The Bertz CT molecular complexity index is 1600. The Morgan fingerprint density at radius 2 is 1.79 bits per heavy atom.